The summed E-state index contributed by atoms with van der Waals surface area (Å²) in [4.78, 5) is 6.73. The molecule has 0 spiro atoms. The Bertz CT molecular complexity index is 348. The molecule has 1 aliphatic carbocycles. The molecule has 1 saturated carbocycles. The average molecular weight is 220 g/mol. The Morgan fingerprint density at radius 3 is 2.81 bits per heavy atom. The monoisotopic (exact) mass is 220 g/mol. The molecular weight excluding hydrogens is 200 g/mol. The third-order valence-corrected chi connectivity index (χ3v) is 3.09. The number of aliphatic hydroxyl groups excluding tert-OH is 1. The van der Waals surface area contributed by atoms with Crippen molar-refractivity contribution in [2.24, 2.45) is 5.92 Å². The summed E-state index contributed by atoms with van der Waals surface area (Å²) in [5, 5.41) is 9.33. The standard InChI is InChI=1S/C13H20N2O/c1-10(2)15(8-11-5-6-11)13-12(9-16)4-3-7-14-13/h3-4,7,10-11,16H,5-6,8-9H2,1-2H3. The van der Waals surface area contributed by atoms with Crippen molar-refractivity contribution in [3.05, 3.63) is 23.9 Å². The molecule has 3 heteroatoms. The van der Waals surface area contributed by atoms with E-state index in [4.69, 9.17) is 0 Å². The zero-order valence-corrected chi connectivity index (χ0v) is 10.1. The van der Waals surface area contributed by atoms with Crippen molar-refractivity contribution in [1.29, 1.82) is 0 Å². The van der Waals surface area contributed by atoms with Crippen molar-refractivity contribution in [1.82, 2.24) is 4.98 Å². The highest BCUT2D eigenvalue weighted by Gasteiger charge is 2.27. The summed E-state index contributed by atoms with van der Waals surface area (Å²) in [7, 11) is 0. The summed E-state index contributed by atoms with van der Waals surface area (Å²) in [5.74, 6) is 1.78. The van der Waals surface area contributed by atoms with Crippen LogP contribution in [0.15, 0.2) is 18.3 Å². The van der Waals surface area contributed by atoms with Gasteiger partial charge in [0.1, 0.15) is 5.82 Å². The second kappa shape index (κ2) is 4.83. The number of aliphatic hydroxyl groups is 1. The van der Waals surface area contributed by atoms with Gasteiger partial charge in [0.15, 0.2) is 0 Å². The predicted molar refractivity (Wildman–Crippen MR) is 65.4 cm³/mol. The van der Waals surface area contributed by atoms with E-state index in [1.165, 1.54) is 12.8 Å². The van der Waals surface area contributed by atoms with E-state index in [2.05, 4.69) is 23.7 Å². The van der Waals surface area contributed by atoms with Crippen molar-refractivity contribution in [2.45, 2.75) is 39.3 Å². The van der Waals surface area contributed by atoms with Gasteiger partial charge in [-0.3, -0.25) is 0 Å². The summed E-state index contributed by atoms with van der Waals surface area (Å²) in [6.45, 7) is 5.50. The molecule has 16 heavy (non-hydrogen) atoms. The maximum Gasteiger partial charge on any atom is 0.134 e. The van der Waals surface area contributed by atoms with Crippen LogP contribution in [0.1, 0.15) is 32.3 Å². The summed E-state index contributed by atoms with van der Waals surface area (Å²) in [5.41, 5.74) is 0.928. The fraction of sp³-hybridized carbons (Fsp3) is 0.615. The van der Waals surface area contributed by atoms with Gasteiger partial charge < -0.3 is 10.0 Å². The number of hydrogen-bond acceptors (Lipinski definition) is 3. The normalized spacial score (nSPS) is 15.5. The van der Waals surface area contributed by atoms with Crippen LogP contribution in [0.2, 0.25) is 0 Å². The van der Waals surface area contributed by atoms with Crippen LogP contribution in [0, 0.1) is 5.92 Å². The Labute approximate surface area is 97.1 Å². The van der Waals surface area contributed by atoms with Gasteiger partial charge in [0.05, 0.1) is 6.61 Å². The molecule has 2 rings (SSSR count). The highest BCUT2D eigenvalue weighted by atomic mass is 16.3. The molecule has 1 N–H and O–H groups in total. The molecule has 0 saturated heterocycles. The van der Waals surface area contributed by atoms with Gasteiger partial charge in [-0.15, -0.1) is 0 Å². The van der Waals surface area contributed by atoms with Crippen LogP contribution in [-0.4, -0.2) is 22.7 Å². The number of hydrogen-bond donors (Lipinski definition) is 1. The summed E-state index contributed by atoms with van der Waals surface area (Å²) >= 11 is 0. The van der Waals surface area contributed by atoms with Gasteiger partial charge in [-0.2, -0.15) is 0 Å². The average Bonchev–Trinajstić information content (AvgIpc) is 3.09. The summed E-state index contributed by atoms with van der Waals surface area (Å²) in [6.07, 6.45) is 4.48. The highest BCUT2D eigenvalue weighted by Crippen LogP contribution is 2.32. The molecule has 1 heterocycles. The molecule has 1 aromatic rings. The molecule has 1 aromatic heterocycles. The van der Waals surface area contributed by atoms with E-state index in [1.807, 2.05) is 12.1 Å². The smallest absolute Gasteiger partial charge is 0.134 e. The van der Waals surface area contributed by atoms with Gasteiger partial charge in [-0.1, -0.05) is 6.07 Å². The molecule has 3 nitrogen and oxygen atoms in total. The Kier molecular flexibility index (Phi) is 3.44. The van der Waals surface area contributed by atoms with Crippen molar-refractivity contribution in [3.63, 3.8) is 0 Å². The Hall–Kier alpha value is -1.09. The number of anilines is 1. The third kappa shape index (κ3) is 2.53. The Balaban J connectivity index is 2.22. The van der Waals surface area contributed by atoms with E-state index in [0.717, 1.165) is 23.8 Å². The minimum atomic E-state index is 0.0665. The van der Waals surface area contributed by atoms with Crippen molar-refractivity contribution in [3.8, 4) is 0 Å². The lowest BCUT2D eigenvalue weighted by molar-refractivity contribution is 0.281. The van der Waals surface area contributed by atoms with Gasteiger partial charge in [0.2, 0.25) is 0 Å². The van der Waals surface area contributed by atoms with Gasteiger partial charge in [0.25, 0.3) is 0 Å². The van der Waals surface area contributed by atoms with Crippen LogP contribution in [0.5, 0.6) is 0 Å². The van der Waals surface area contributed by atoms with Crippen LogP contribution < -0.4 is 4.90 Å². The van der Waals surface area contributed by atoms with E-state index in [-0.39, 0.29) is 6.61 Å². The van der Waals surface area contributed by atoms with E-state index >= 15 is 0 Å². The molecule has 1 fully saturated rings. The van der Waals surface area contributed by atoms with Gasteiger partial charge in [0, 0.05) is 24.3 Å². The van der Waals surface area contributed by atoms with Gasteiger partial charge in [-0.05, 0) is 38.7 Å². The molecule has 0 aromatic carbocycles. The molecule has 88 valence electrons. The fourth-order valence-corrected chi connectivity index (χ4v) is 1.93. The van der Waals surface area contributed by atoms with E-state index in [0.29, 0.717) is 6.04 Å². The first-order valence-corrected chi connectivity index (χ1v) is 6.03. The number of aromatic nitrogens is 1. The molecule has 0 radical (unpaired) electrons. The van der Waals surface area contributed by atoms with Crippen LogP contribution >= 0.6 is 0 Å². The first kappa shape index (κ1) is 11.4. The molecule has 0 aliphatic heterocycles. The topological polar surface area (TPSA) is 36.4 Å². The van der Waals surface area contributed by atoms with Gasteiger partial charge >= 0.3 is 0 Å². The zero-order chi connectivity index (χ0) is 11.5. The molecule has 0 amide bonds. The van der Waals surface area contributed by atoms with Crippen LogP contribution in [0.3, 0.4) is 0 Å². The molecule has 0 bridgehead atoms. The maximum absolute atomic E-state index is 9.33. The summed E-state index contributed by atoms with van der Waals surface area (Å²) < 4.78 is 0. The predicted octanol–water partition coefficient (Wildman–Crippen LogP) is 2.20. The highest BCUT2D eigenvalue weighted by molar-refractivity contribution is 5.47. The van der Waals surface area contributed by atoms with Crippen LogP contribution in [-0.2, 0) is 6.61 Å². The lowest BCUT2D eigenvalue weighted by atomic mass is 10.2. The van der Waals surface area contributed by atoms with Crippen LogP contribution in [0.4, 0.5) is 5.82 Å². The van der Waals surface area contributed by atoms with Crippen molar-refractivity contribution in [2.75, 3.05) is 11.4 Å². The van der Waals surface area contributed by atoms with Crippen molar-refractivity contribution >= 4 is 5.82 Å². The summed E-state index contributed by atoms with van der Waals surface area (Å²) in [6, 6.07) is 4.26. The maximum atomic E-state index is 9.33. The first-order valence-electron chi connectivity index (χ1n) is 6.03. The Morgan fingerprint density at radius 2 is 2.25 bits per heavy atom. The lowest BCUT2D eigenvalue weighted by Crippen LogP contribution is -2.34. The molecular formula is C13H20N2O. The SMILES string of the molecule is CC(C)N(CC1CC1)c1ncccc1CO. The fourth-order valence-electron chi connectivity index (χ4n) is 1.93. The quantitative estimate of drug-likeness (QED) is 0.826. The Morgan fingerprint density at radius 1 is 1.50 bits per heavy atom. The largest absolute Gasteiger partial charge is 0.392 e. The second-order valence-electron chi connectivity index (χ2n) is 4.83. The van der Waals surface area contributed by atoms with E-state index in [1.54, 1.807) is 6.20 Å². The van der Waals surface area contributed by atoms with Gasteiger partial charge in [-0.25, -0.2) is 4.98 Å². The second-order valence-corrected chi connectivity index (χ2v) is 4.83. The number of rotatable bonds is 5. The zero-order valence-electron chi connectivity index (χ0n) is 10.1. The first-order chi connectivity index (χ1) is 7.72. The lowest BCUT2D eigenvalue weighted by Gasteiger charge is -2.29. The van der Waals surface area contributed by atoms with Crippen molar-refractivity contribution < 1.29 is 5.11 Å². The van der Waals surface area contributed by atoms with Crippen LogP contribution in [0.25, 0.3) is 0 Å². The molecule has 0 atom stereocenters. The molecule has 0 unspecified atom stereocenters. The number of pyridine rings is 1. The minimum Gasteiger partial charge on any atom is -0.392 e. The van der Waals surface area contributed by atoms with E-state index in [9.17, 15) is 5.11 Å². The third-order valence-electron chi connectivity index (χ3n) is 3.09. The number of nitrogens with zero attached hydrogens (tertiary/aromatic N) is 2. The molecule has 1 aliphatic rings. The van der Waals surface area contributed by atoms with E-state index < -0.39 is 0 Å². The minimum absolute atomic E-state index is 0.0665.